The lowest BCUT2D eigenvalue weighted by Gasteiger charge is -2.39. The van der Waals surface area contributed by atoms with E-state index in [2.05, 4.69) is 0 Å². The van der Waals surface area contributed by atoms with Crippen LogP contribution in [0.25, 0.3) is 0 Å². The Hall–Kier alpha value is -2.80. The summed E-state index contributed by atoms with van der Waals surface area (Å²) in [5.41, 5.74) is 1.82. The molecule has 7 heteroatoms. The van der Waals surface area contributed by atoms with Gasteiger partial charge in [0.2, 0.25) is 5.92 Å². The second-order valence-electron chi connectivity index (χ2n) is 7.64. The molecule has 0 saturated carbocycles. The highest BCUT2D eigenvalue weighted by Gasteiger charge is 2.67. The molecule has 1 aliphatic carbocycles. The monoisotopic (exact) mass is 471 g/mol. The van der Waals surface area contributed by atoms with Crippen LogP contribution in [0, 0.1) is 5.92 Å². The molecule has 2 aromatic carbocycles. The number of hydrogen-bond acceptors (Lipinski definition) is 6. The molecule has 0 bridgehead atoms. The number of ether oxygens (including phenoxy) is 3. The van der Waals surface area contributed by atoms with Crippen LogP contribution < -0.4 is 0 Å². The largest absolute Gasteiger partial charge is 0.532 e. The first-order valence-electron chi connectivity index (χ1n) is 11.4. The lowest BCUT2D eigenvalue weighted by atomic mass is 9.74. The van der Waals surface area contributed by atoms with Crippen LogP contribution in [0.5, 0.6) is 0 Å². The van der Waals surface area contributed by atoms with Crippen LogP contribution in [0.15, 0.2) is 59.5 Å². The zero-order chi connectivity index (χ0) is 23.8. The summed E-state index contributed by atoms with van der Waals surface area (Å²) in [6.45, 7) is 5.57. The Kier molecular flexibility index (Phi) is 8.55. The van der Waals surface area contributed by atoms with Crippen molar-refractivity contribution in [3.63, 3.8) is 0 Å². The van der Waals surface area contributed by atoms with Gasteiger partial charge in [-0.2, -0.15) is 4.79 Å². The van der Waals surface area contributed by atoms with Gasteiger partial charge in [-0.3, -0.25) is 9.59 Å². The lowest BCUT2D eigenvalue weighted by molar-refractivity contribution is -0.163. The zero-order valence-corrected chi connectivity index (χ0v) is 20.2. The smallest absolute Gasteiger partial charge is 0.465 e. The number of rotatable bonds is 8. The van der Waals surface area contributed by atoms with Gasteiger partial charge in [-0.25, -0.2) is 0 Å². The summed E-state index contributed by atoms with van der Waals surface area (Å²) in [4.78, 5) is 41.2. The van der Waals surface area contributed by atoms with E-state index >= 15 is 0 Å². The van der Waals surface area contributed by atoms with Gasteiger partial charge in [0.1, 0.15) is 0 Å². The van der Waals surface area contributed by atoms with Gasteiger partial charge < -0.3 is 14.2 Å². The van der Waals surface area contributed by atoms with Crippen LogP contribution >= 0.6 is 0 Å². The third-order valence-corrected chi connectivity index (χ3v) is 8.33. The fourth-order valence-electron chi connectivity index (χ4n) is 4.57. The minimum atomic E-state index is -1.30. The van der Waals surface area contributed by atoms with Crippen LogP contribution in [-0.2, 0) is 45.9 Å². The lowest BCUT2D eigenvalue weighted by Crippen LogP contribution is -2.54. The molecule has 3 rings (SSSR count). The van der Waals surface area contributed by atoms with Crippen molar-refractivity contribution in [3.05, 3.63) is 65.7 Å². The highest BCUT2D eigenvalue weighted by molar-refractivity contribution is 8.11. The Labute approximate surface area is 198 Å². The van der Waals surface area contributed by atoms with Crippen molar-refractivity contribution < 1.29 is 28.6 Å². The molecule has 2 atom stereocenters. The topological polar surface area (TPSA) is 78.9 Å². The SMILES string of the molecule is CCOC(=O)C(C(=O)OCC)C1([S+](C(=O)OCC)c2ccccc2)CCCc2ccccc21. The summed E-state index contributed by atoms with van der Waals surface area (Å²) in [5, 5.41) is -0.445. The molecule has 0 radical (unpaired) electrons. The fraction of sp³-hybridized carbons (Fsp3) is 0.423. The maximum absolute atomic E-state index is 13.6. The number of fused-ring (bicyclic) bond motifs is 1. The van der Waals surface area contributed by atoms with Gasteiger partial charge in [0.05, 0.1) is 19.8 Å². The highest BCUT2D eigenvalue weighted by atomic mass is 32.2. The van der Waals surface area contributed by atoms with Gasteiger partial charge in [0.25, 0.3) is 0 Å². The van der Waals surface area contributed by atoms with Gasteiger partial charge in [-0.1, -0.05) is 42.5 Å². The first-order chi connectivity index (χ1) is 16.0. The predicted octanol–water partition coefficient (Wildman–Crippen LogP) is 4.79. The first-order valence-corrected chi connectivity index (χ1v) is 12.6. The van der Waals surface area contributed by atoms with E-state index in [1.807, 2.05) is 54.6 Å². The first kappa shape index (κ1) is 24.8. The molecule has 0 spiro atoms. The molecule has 2 unspecified atom stereocenters. The summed E-state index contributed by atoms with van der Waals surface area (Å²) in [7, 11) is -1.28. The van der Waals surface area contributed by atoms with E-state index in [4.69, 9.17) is 14.2 Å². The average molecular weight is 472 g/mol. The number of aryl methyl sites for hydroxylation is 1. The molecule has 0 fully saturated rings. The van der Waals surface area contributed by atoms with E-state index < -0.39 is 38.8 Å². The summed E-state index contributed by atoms with van der Waals surface area (Å²) >= 11 is 0. The second-order valence-corrected chi connectivity index (χ2v) is 9.79. The molecule has 0 amide bonds. The fourth-order valence-corrected chi connectivity index (χ4v) is 7.34. The Morgan fingerprint density at radius 2 is 1.42 bits per heavy atom. The highest BCUT2D eigenvalue weighted by Crippen LogP contribution is 2.52. The van der Waals surface area contributed by atoms with Gasteiger partial charge >= 0.3 is 17.2 Å². The third-order valence-electron chi connectivity index (χ3n) is 5.75. The predicted molar refractivity (Wildman–Crippen MR) is 127 cm³/mol. The van der Waals surface area contributed by atoms with Crippen molar-refractivity contribution in [2.24, 2.45) is 5.92 Å². The van der Waals surface area contributed by atoms with Crippen molar-refractivity contribution >= 4 is 28.1 Å². The Morgan fingerprint density at radius 1 is 0.848 bits per heavy atom. The normalized spacial score (nSPS) is 18.2. The molecule has 2 aromatic rings. The molecule has 6 nitrogen and oxygen atoms in total. The van der Waals surface area contributed by atoms with Crippen LogP contribution in [0.2, 0.25) is 0 Å². The number of hydrogen-bond donors (Lipinski definition) is 0. The number of carbonyl (C=O) groups is 3. The Balaban J connectivity index is 2.37. The van der Waals surface area contributed by atoms with Gasteiger partial charge in [-0.15, -0.1) is 0 Å². The number of benzene rings is 2. The molecule has 0 heterocycles. The van der Waals surface area contributed by atoms with E-state index in [0.717, 1.165) is 17.5 Å². The molecular formula is C26H31O6S+. The Morgan fingerprint density at radius 3 is 2.03 bits per heavy atom. The van der Waals surface area contributed by atoms with Gasteiger partial charge in [0.15, 0.2) is 20.5 Å². The van der Waals surface area contributed by atoms with Crippen LogP contribution in [-0.4, -0.2) is 37.1 Å². The molecule has 0 saturated heterocycles. The summed E-state index contributed by atoms with van der Waals surface area (Å²) in [6, 6.07) is 17.0. The molecule has 1 aliphatic rings. The zero-order valence-electron chi connectivity index (χ0n) is 19.4. The Bertz CT molecular complexity index is 958. The van der Waals surface area contributed by atoms with Crippen LogP contribution in [0.1, 0.15) is 44.7 Å². The summed E-state index contributed by atoms with van der Waals surface area (Å²) in [5.74, 6) is -2.65. The maximum atomic E-state index is 13.6. The van der Waals surface area contributed by atoms with Gasteiger partial charge in [-0.05, 0) is 51.3 Å². The van der Waals surface area contributed by atoms with E-state index in [9.17, 15) is 14.4 Å². The van der Waals surface area contributed by atoms with Crippen LogP contribution in [0.3, 0.4) is 0 Å². The average Bonchev–Trinajstić information content (AvgIpc) is 2.81. The molecule has 0 N–H and O–H groups in total. The number of esters is 2. The van der Waals surface area contributed by atoms with Crippen LogP contribution in [0.4, 0.5) is 4.79 Å². The van der Waals surface area contributed by atoms with Gasteiger partial charge in [0, 0.05) is 12.0 Å². The molecule has 176 valence electrons. The molecular weight excluding hydrogens is 440 g/mol. The van der Waals surface area contributed by atoms with Crippen molar-refractivity contribution in [2.75, 3.05) is 19.8 Å². The third kappa shape index (κ3) is 4.93. The van der Waals surface area contributed by atoms with E-state index in [-0.39, 0.29) is 19.8 Å². The molecule has 0 aromatic heterocycles. The second kappa shape index (κ2) is 11.4. The van der Waals surface area contributed by atoms with E-state index in [1.54, 1.807) is 20.8 Å². The summed E-state index contributed by atoms with van der Waals surface area (Å²) < 4.78 is 15.2. The minimum absolute atomic E-state index is 0.116. The van der Waals surface area contributed by atoms with Crippen molar-refractivity contribution in [2.45, 2.75) is 49.7 Å². The minimum Gasteiger partial charge on any atom is -0.465 e. The standard InChI is InChI=1S/C26H31O6S/c1-4-30-23(27)22(24(28)31-5-2)26(18-12-14-19-13-10-11-17-21(19)26)33(25(29)32-6-3)20-15-8-7-9-16-20/h7-11,13,15-17,22H,4-6,12,14,18H2,1-3H3/q+1. The molecule has 0 aliphatic heterocycles. The maximum Gasteiger partial charge on any atom is 0.532 e. The van der Waals surface area contributed by atoms with Crippen molar-refractivity contribution in [1.82, 2.24) is 0 Å². The van der Waals surface area contributed by atoms with E-state index in [1.165, 1.54) is 0 Å². The summed E-state index contributed by atoms with van der Waals surface area (Å²) in [6.07, 6.45) is 1.95. The van der Waals surface area contributed by atoms with E-state index in [0.29, 0.717) is 17.7 Å². The van der Waals surface area contributed by atoms with Crippen molar-refractivity contribution in [1.29, 1.82) is 0 Å². The molecule has 33 heavy (non-hydrogen) atoms. The quantitative estimate of drug-likeness (QED) is 0.238. The van der Waals surface area contributed by atoms with Crippen molar-refractivity contribution in [3.8, 4) is 0 Å². The number of carbonyl (C=O) groups excluding carboxylic acids is 3.